The van der Waals surface area contributed by atoms with Gasteiger partial charge in [0.2, 0.25) is 0 Å². The number of nitrogens with one attached hydrogen (secondary N) is 1. The molecule has 0 spiro atoms. The zero-order valence-corrected chi connectivity index (χ0v) is 17.5. The lowest BCUT2D eigenvalue weighted by Crippen LogP contribution is -2.04. The van der Waals surface area contributed by atoms with Gasteiger partial charge in [-0.2, -0.15) is 0 Å². The molecule has 3 nitrogen and oxygen atoms in total. The van der Waals surface area contributed by atoms with E-state index in [4.69, 9.17) is 32.7 Å². The van der Waals surface area contributed by atoms with Crippen LogP contribution in [0.4, 0.5) is 5.69 Å². The van der Waals surface area contributed by atoms with E-state index in [0.29, 0.717) is 41.3 Å². The zero-order valence-electron chi connectivity index (χ0n) is 16.0. The number of halogens is 2. The van der Waals surface area contributed by atoms with Crippen LogP contribution in [0.2, 0.25) is 10.0 Å². The Hall–Kier alpha value is -2.36. The molecule has 3 aromatic carbocycles. The molecule has 0 saturated carbocycles. The minimum Gasteiger partial charge on any atom is -0.490 e. The Labute approximate surface area is 176 Å². The molecule has 0 aliphatic heterocycles. The fourth-order valence-corrected chi connectivity index (χ4v) is 3.37. The van der Waals surface area contributed by atoms with E-state index in [1.54, 1.807) is 0 Å². The second-order valence-corrected chi connectivity index (χ2v) is 7.32. The van der Waals surface area contributed by atoms with Crippen molar-refractivity contribution in [2.75, 3.05) is 11.9 Å². The van der Waals surface area contributed by atoms with Gasteiger partial charge in [0, 0.05) is 17.3 Å². The third-order valence-electron chi connectivity index (χ3n) is 4.16. The molecular formula is C23H23Cl2NO2. The van der Waals surface area contributed by atoms with Crippen LogP contribution < -0.4 is 14.8 Å². The number of hydrogen-bond acceptors (Lipinski definition) is 3. The van der Waals surface area contributed by atoms with Gasteiger partial charge in [-0.15, -0.1) is 0 Å². The summed E-state index contributed by atoms with van der Waals surface area (Å²) in [5.74, 6) is 1.18. The molecule has 0 radical (unpaired) electrons. The zero-order chi connectivity index (χ0) is 19.9. The second-order valence-electron chi connectivity index (χ2n) is 6.48. The summed E-state index contributed by atoms with van der Waals surface area (Å²) in [4.78, 5) is 0. The van der Waals surface area contributed by atoms with Crippen LogP contribution in [0.1, 0.15) is 23.6 Å². The molecule has 0 unspecified atom stereocenters. The first-order chi connectivity index (χ1) is 13.5. The van der Waals surface area contributed by atoms with E-state index in [1.807, 2.05) is 55.5 Å². The van der Waals surface area contributed by atoms with Crippen molar-refractivity contribution in [3.63, 3.8) is 0 Å². The fourth-order valence-electron chi connectivity index (χ4n) is 2.87. The van der Waals surface area contributed by atoms with Gasteiger partial charge < -0.3 is 14.8 Å². The van der Waals surface area contributed by atoms with Crippen molar-refractivity contribution in [2.45, 2.75) is 27.0 Å². The minimum atomic E-state index is 0.362. The third-order valence-corrected chi connectivity index (χ3v) is 4.67. The first-order valence-corrected chi connectivity index (χ1v) is 9.93. The van der Waals surface area contributed by atoms with Gasteiger partial charge in [-0.05, 0) is 66.9 Å². The summed E-state index contributed by atoms with van der Waals surface area (Å²) in [7, 11) is 0. The van der Waals surface area contributed by atoms with E-state index in [1.165, 1.54) is 5.56 Å². The maximum atomic E-state index is 6.52. The molecule has 5 heteroatoms. The van der Waals surface area contributed by atoms with Crippen molar-refractivity contribution in [1.82, 2.24) is 0 Å². The van der Waals surface area contributed by atoms with Crippen molar-refractivity contribution >= 4 is 28.9 Å². The highest BCUT2D eigenvalue weighted by molar-refractivity contribution is 6.32. The van der Waals surface area contributed by atoms with E-state index in [0.717, 1.165) is 16.8 Å². The smallest absolute Gasteiger partial charge is 0.180 e. The highest BCUT2D eigenvalue weighted by atomic mass is 35.5. The molecule has 28 heavy (non-hydrogen) atoms. The molecule has 1 N–H and O–H groups in total. The Balaban J connectivity index is 1.75. The first kappa shape index (κ1) is 20.4. The fraction of sp³-hybridized carbons (Fsp3) is 0.217. The maximum Gasteiger partial charge on any atom is 0.180 e. The van der Waals surface area contributed by atoms with E-state index < -0.39 is 0 Å². The summed E-state index contributed by atoms with van der Waals surface area (Å²) in [6.45, 7) is 5.53. The second kappa shape index (κ2) is 9.72. The van der Waals surface area contributed by atoms with Gasteiger partial charge in [0.25, 0.3) is 0 Å². The van der Waals surface area contributed by atoms with Crippen molar-refractivity contribution in [2.24, 2.45) is 0 Å². The molecule has 0 heterocycles. The molecule has 0 aliphatic rings. The Morgan fingerprint density at radius 3 is 2.46 bits per heavy atom. The van der Waals surface area contributed by atoms with Crippen LogP contribution in [0.25, 0.3) is 0 Å². The molecular weight excluding hydrogens is 393 g/mol. The molecule has 0 bridgehead atoms. The highest BCUT2D eigenvalue weighted by Crippen LogP contribution is 2.37. The van der Waals surface area contributed by atoms with Crippen LogP contribution in [-0.4, -0.2) is 6.61 Å². The monoisotopic (exact) mass is 415 g/mol. The van der Waals surface area contributed by atoms with Gasteiger partial charge in [0.15, 0.2) is 11.5 Å². The summed E-state index contributed by atoms with van der Waals surface area (Å²) in [6, 6.07) is 19.7. The summed E-state index contributed by atoms with van der Waals surface area (Å²) < 4.78 is 11.7. The van der Waals surface area contributed by atoms with Crippen LogP contribution >= 0.6 is 23.2 Å². The molecule has 0 aliphatic carbocycles. The highest BCUT2D eigenvalue weighted by Gasteiger charge is 2.13. The Kier molecular flexibility index (Phi) is 7.07. The van der Waals surface area contributed by atoms with Crippen molar-refractivity contribution in [3.05, 3.63) is 87.4 Å². The number of anilines is 1. The van der Waals surface area contributed by atoms with Crippen LogP contribution in [0, 0.1) is 6.92 Å². The topological polar surface area (TPSA) is 30.5 Å². The van der Waals surface area contributed by atoms with Crippen LogP contribution in [-0.2, 0) is 13.2 Å². The summed E-state index contributed by atoms with van der Waals surface area (Å²) in [6.07, 6.45) is 0. The predicted molar refractivity (Wildman–Crippen MR) is 117 cm³/mol. The lowest BCUT2D eigenvalue weighted by molar-refractivity contribution is 0.269. The molecule has 146 valence electrons. The molecule has 0 saturated heterocycles. The standard InChI is InChI=1S/C23H23Cl2NO2/c1-3-27-22-13-18(14-26-20-9-4-6-16(2)10-20)12-21(25)23(22)28-15-17-7-5-8-19(24)11-17/h4-13,26H,3,14-15H2,1-2H3. The summed E-state index contributed by atoms with van der Waals surface area (Å²) in [5.41, 5.74) is 4.26. The molecule has 0 amide bonds. The van der Waals surface area contributed by atoms with Crippen LogP contribution in [0.3, 0.4) is 0 Å². The predicted octanol–water partition coefficient (Wildman–Crippen LogP) is 6.89. The average molecular weight is 416 g/mol. The normalized spacial score (nSPS) is 10.6. The van der Waals surface area contributed by atoms with Gasteiger partial charge in [0.05, 0.1) is 11.6 Å². The SMILES string of the molecule is CCOc1cc(CNc2cccc(C)c2)cc(Cl)c1OCc1cccc(Cl)c1. The Morgan fingerprint density at radius 2 is 1.71 bits per heavy atom. The Morgan fingerprint density at radius 1 is 0.893 bits per heavy atom. The lowest BCUT2D eigenvalue weighted by Gasteiger charge is -2.16. The minimum absolute atomic E-state index is 0.362. The number of ether oxygens (including phenoxy) is 2. The Bertz CT molecular complexity index is 944. The first-order valence-electron chi connectivity index (χ1n) is 9.18. The largest absolute Gasteiger partial charge is 0.490 e. The number of aryl methyl sites for hydroxylation is 1. The van der Waals surface area contributed by atoms with Gasteiger partial charge in [-0.3, -0.25) is 0 Å². The van der Waals surface area contributed by atoms with E-state index in [9.17, 15) is 0 Å². The number of benzene rings is 3. The van der Waals surface area contributed by atoms with Gasteiger partial charge in [0.1, 0.15) is 6.61 Å². The summed E-state index contributed by atoms with van der Waals surface area (Å²) >= 11 is 12.6. The quantitative estimate of drug-likeness (QED) is 0.434. The van der Waals surface area contributed by atoms with Crippen molar-refractivity contribution in [1.29, 1.82) is 0 Å². The molecule has 3 rings (SSSR count). The third kappa shape index (κ3) is 5.57. The van der Waals surface area contributed by atoms with E-state index in [2.05, 4.69) is 24.4 Å². The lowest BCUT2D eigenvalue weighted by atomic mass is 10.1. The average Bonchev–Trinajstić information content (AvgIpc) is 2.66. The van der Waals surface area contributed by atoms with Gasteiger partial charge in [-0.1, -0.05) is 47.5 Å². The summed E-state index contributed by atoms with van der Waals surface area (Å²) in [5, 5.41) is 4.61. The van der Waals surface area contributed by atoms with Crippen molar-refractivity contribution < 1.29 is 9.47 Å². The van der Waals surface area contributed by atoms with Crippen molar-refractivity contribution in [3.8, 4) is 11.5 Å². The molecule has 0 aromatic heterocycles. The molecule has 0 atom stereocenters. The van der Waals surface area contributed by atoms with Gasteiger partial charge in [-0.25, -0.2) is 0 Å². The van der Waals surface area contributed by atoms with Crippen LogP contribution in [0.15, 0.2) is 60.7 Å². The number of hydrogen-bond donors (Lipinski definition) is 1. The molecule has 0 fully saturated rings. The van der Waals surface area contributed by atoms with Crippen LogP contribution in [0.5, 0.6) is 11.5 Å². The van der Waals surface area contributed by atoms with E-state index >= 15 is 0 Å². The maximum absolute atomic E-state index is 6.52. The van der Waals surface area contributed by atoms with Gasteiger partial charge >= 0.3 is 0 Å². The van der Waals surface area contributed by atoms with E-state index in [-0.39, 0.29) is 0 Å². The number of rotatable bonds is 8. The molecule has 3 aromatic rings.